The lowest BCUT2D eigenvalue weighted by Gasteiger charge is -2.30. The lowest BCUT2D eigenvalue weighted by Crippen LogP contribution is -2.35. The number of ether oxygens (including phenoxy) is 1. The van der Waals surface area contributed by atoms with Crippen LogP contribution in [0.3, 0.4) is 0 Å². The van der Waals surface area contributed by atoms with Crippen LogP contribution in [-0.4, -0.2) is 31.1 Å². The zero-order valence-electron chi connectivity index (χ0n) is 14.9. The normalized spacial score (nSPS) is 20.1. The number of hydrogen-bond acceptors (Lipinski definition) is 2. The van der Waals surface area contributed by atoms with Crippen molar-refractivity contribution in [3.63, 3.8) is 0 Å². The van der Waals surface area contributed by atoms with Crippen molar-refractivity contribution in [3.8, 4) is 5.75 Å². The van der Waals surface area contributed by atoms with Crippen molar-refractivity contribution < 1.29 is 4.74 Å². The molecule has 2 heteroatoms. The van der Waals surface area contributed by atoms with Crippen LogP contribution in [0.4, 0.5) is 0 Å². The van der Waals surface area contributed by atoms with E-state index in [0.717, 1.165) is 31.1 Å². The van der Waals surface area contributed by atoms with Crippen LogP contribution in [0.2, 0.25) is 0 Å². The minimum absolute atomic E-state index is 0.253. The topological polar surface area (TPSA) is 12.5 Å². The molecule has 0 bridgehead atoms. The fourth-order valence-electron chi connectivity index (χ4n) is 3.17. The lowest BCUT2D eigenvalue weighted by atomic mass is 9.82. The van der Waals surface area contributed by atoms with Crippen molar-refractivity contribution in [2.24, 2.45) is 5.92 Å². The summed E-state index contributed by atoms with van der Waals surface area (Å²) >= 11 is 0. The van der Waals surface area contributed by atoms with Crippen LogP contribution in [0.5, 0.6) is 5.75 Å². The third-order valence-electron chi connectivity index (χ3n) is 5.15. The molecule has 1 saturated heterocycles. The number of benzene rings is 1. The van der Waals surface area contributed by atoms with E-state index in [1.165, 1.54) is 38.0 Å². The molecule has 2 nitrogen and oxygen atoms in total. The van der Waals surface area contributed by atoms with E-state index in [2.05, 4.69) is 56.9 Å². The highest BCUT2D eigenvalue weighted by atomic mass is 16.5. The molecule has 22 heavy (non-hydrogen) atoms. The molecule has 1 aromatic rings. The quantitative estimate of drug-likeness (QED) is 0.666. The monoisotopic (exact) mass is 303 g/mol. The first-order valence-electron chi connectivity index (χ1n) is 8.97. The van der Waals surface area contributed by atoms with Gasteiger partial charge in [-0.2, -0.15) is 0 Å². The molecule has 1 atom stereocenters. The minimum atomic E-state index is 0.253. The summed E-state index contributed by atoms with van der Waals surface area (Å²) in [6.45, 7) is 13.7. The third-order valence-corrected chi connectivity index (χ3v) is 5.15. The Morgan fingerprint density at radius 1 is 1.23 bits per heavy atom. The van der Waals surface area contributed by atoms with Crippen LogP contribution in [0, 0.1) is 5.92 Å². The molecule has 1 aliphatic heterocycles. The van der Waals surface area contributed by atoms with Gasteiger partial charge in [0.1, 0.15) is 5.75 Å². The Kier molecular flexibility index (Phi) is 6.31. The average Bonchev–Trinajstić information content (AvgIpc) is 2.52. The predicted molar refractivity (Wildman–Crippen MR) is 94.7 cm³/mol. The summed E-state index contributed by atoms with van der Waals surface area (Å²) in [5.74, 6) is 1.87. The highest BCUT2D eigenvalue weighted by Crippen LogP contribution is 2.28. The van der Waals surface area contributed by atoms with Gasteiger partial charge in [0.25, 0.3) is 0 Å². The van der Waals surface area contributed by atoms with Gasteiger partial charge in [0.2, 0.25) is 0 Å². The van der Waals surface area contributed by atoms with Crippen molar-refractivity contribution >= 4 is 0 Å². The first-order valence-corrected chi connectivity index (χ1v) is 8.97. The Hall–Kier alpha value is -1.02. The average molecular weight is 303 g/mol. The number of nitrogens with zero attached hydrogens (tertiary/aromatic N) is 1. The highest BCUT2D eigenvalue weighted by Gasteiger charge is 2.18. The molecule has 0 aliphatic carbocycles. The summed E-state index contributed by atoms with van der Waals surface area (Å²) in [6.07, 6.45) is 5.03. The molecule has 1 aromatic carbocycles. The van der Waals surface area contributed by atoms with E-state index < -0.39 is 0 Å². The van der Waals surface area contributed by atoms with Gasteiger partial charge in [-0.3, -0.25) is 0 Å². The van der Waals surface area contributed by atoms with E-state index in [1.54, 1.807) is 0 Å². The van der Waals surface area contributed by atoms with Gasteiger partial charge in [-0.15, -0.1) is 0 Å². The molecule has 2 rings (SSSR count). The van der Waals surface area contributed by atoms with Gasteiger partial charge in [0, 0.05) is 13.1 Å². The van der Waals surface area contributed by atoms with Crippen LogP contribution in [-0.2, 0) is 5.41 Å². The van der Waals surface area contributed by atoms with Gasteiger partial charge in [0.05, 0.1) is 6.61 Å². The Balaban J connectivity index is 1.71. The van der Waals surface area contributed by atoms with Crippen LogP contribution < -0.4 is 4.74 Å². The van der Waals surface area contributed by atoms with Crippen molar-refractivity contribution in [1.29, 1.82) is 0 Å². The zero-order valence-corrected chi connectivity index (χ0v) is 14.9. The smallest absolute Gasteiger partial charge is 0.119 e. The Morgan fingerprint density at radius 3 is 2.59 bits per heavy atom. The maximum atomic E-state index is 5.90. The van der Waals surface area contributed by atoms with Crippen molar-refractivity contribution in [2.45, 2.75) is 58.8 Å². The number of piperidine rings is 1. The summed E-state index contributed by atoms with van der Waals surface area (Å²) in [5, 5.41) is 0. The third kappa shape index (κ3) is 5.01. The van der Waals surface area contributed by atoms with Crippen LogP contribution >= 0.6 is 0 Å². The summed E-state index contributed by atoms with van der Waals surface area (Å²) < 4.78 is 5.90. The molecule has 1 unspecified atom stereocenters. The second kappa shape index (κ2) is 8.01. The fraction of sp³-hybridized carbons (Fsp3) is 0.700. The number of hydrogen-bond donors (Lipinski definition) is 0. The van der Waals surface area contributed by atoms with Gasteiger partial charge in [0.15, 0.2) is 0 Å². The maximum absolute atomic E-state index is 5.90. The number of rotatable bonds is 7. The van der Waals surface area contributed by atoms with Gasteiger partial charge in [-0.05, 0) is 61.3 Å². The Bertz CT molecular complexity index is 438. The molecule has 1 heterocycles. The molecule has 0 radical (unpaired) electrons. The molecule has 0 spiro atoms. The maximum Gasteiger partial charge on any atom is 0.119 e. The van der Waals surface area contributed by atoms with Crippen molar-refractivity contribution in [1.82, 2.24) is 4.90 Å². The van der Waals surface area contributed by atoms with E-state index in [9.17, 15) is 0 Å². The standard InChI is InChI=1S/C20H33NO/c1-5-20(3,4)18-9-11-19(12-10-18)22-15-7-14-21-13-6-8-17(2)16-21/h9-12,17H,5-8,13-16H2,1-4H3. The molecule has 0 N–H and O–H groups in total. The van der Waals surface area contributed by atoms with E-state index in [0.29, 0.717) is 0 Å². The summed E-state index contributed by atoms with van der Waals surface area (Å²) in [4.78, 5) is 2.59. The van der Waals surface area contributed by atoms with Crippen LogP contribution in [0.25, 0.3) is 0 Å². The van der Waals surface area contributed by atoms with Gasteiger partial charge >= 0.3 is 0 Å². The largest absolute Gasteiger partial charge is 0.494 e. The van der Waals surface area contributed by atoms with Crippen molar-refractivity contribution in [3.05, 3.63) is 29.8 Å². The Morgan fingerprint density at radius 2 is 1.95 bits per heavy atom. The first kappa shape index (κ1) is 17.3. The molecule has 1 fully saturated rings. The summed E-state index contributed by atoms with van der Waals surface area (Å²) in [5.41, 5.74) is 1.65. The Labute approximate surface area is 136 Å². The zero-order chi connectivity index (χ0) is 16.0. The molecule has 124 valence electrons. The summed E-state index contributed by atoms with van der Waals surface area (Å²) in [7, 11) is 0. The van der Waals surface area contributed by atoms with Gasteiger partial charge in [-0.1, -0.05) is 39.8 Å². The highest BCUT2D eigenvalue weighted by molar-refractivity contribution is 5.31. The molecular formula is C20H33NO. The second-order valence-corrected chi connectivity index (χ2v) is 7.51. The van der Waals surface area contributed by atoms with Gasteiger partial charge < -0.3 is 9.64 Å². The molecular weight excluding hydrogens is 270 g/mol. The summed E-state index contributed by atoms with van der Waals surface area (Å²) in [6, 6.07) is 8.67. The van der Waals surface area contributed by atoms with Crippen LogP contribution in [0.15, 0.2) is 24.3 Å². The minimum Gasteiger partial charge on any atom is -0.494 e. The number of likely N-dealkylation sites (tertiary alicyclic amines) is 1. The van der Waals surface area contributed by atoms with Gasteiger partial charge in [-0.25, -0.2) is 0 Å². The molecule has 0 saturated carbocycles. The van der Waals surface area contributed by atoms with E-state index >= 15 is 0 Å². The first-order chi connectivity index (χ1) is 10.5. The van der Waals surface area contributed by atoms with Crippen molar-refractivity contribution in [2.75, 3.05) is 26.2 Å². The van der Waals surface area contributed by atoms with E-state index in [4.69, 9.17) is 4.74 Å². The SMILES string of the molecule is CCC(C)(C)c1ccc(OCCCN2CCCC(C)C2)cc1. The van der Waals surface area contributed by atoms with E-state index in [-0.39, 0.29) is 5.41 Å². The molecule has 0 aromatic heterocycles. The lowest BCUT2D eigenvalue weighted by molar-refractivity contribution is 0.170. The second-order valence-electron chi connectivity index (χ2n) is 7.51. The fourth-order valence-corrected chi connectivity index (χ4v) is 3.17. The predicted octanol–water partition coefficient (Wildman–Crippen LogP) is 4.88. The molecule has 1 aliphatic rings. The molecule has 0 amide bonds. The van der Waals surface area contributed by atoms with E-state index in [1.807, 2.05) is 0 Å². The van der Waals surface area contributed by atoms with Crippen LogP contribution in [0.1, 0.15) is 58.9 Å².